The van der Waals surface area contributed by atoms with Crippen molar-refractivity contribution < 1.29 is 0 Å². The Bertz CT molecular complexity index is 118. The van der Waals surface area contributed by atoms with Crippen LogP contribution < -0.4 is 5.32 Å². The fourth-order valence-corrected chi connectivity index (χ4v) is 1.17. The van der Waals surface area contributed by atoms with E-state index in [1.807, 2.05) is 0 Å². The van der Waals surface area contributed by atoms with Gasteiger partial charge in [0.05, 0.1) is 0 Å². The highest BCUT2D eigenvalue weighted by Gasteiger charge is 2.17. The summed E-state index contributed by atoms with van der Waals surface area (Å²) in [7, 11) is 0. The van der Waals surface area contributed by atoms with Gasteiger partial charge in [0, 0.05) is 12.2 Å². The Morgan fingerprint density at radius 3 is 2.56 bits per heavy atom. The van der Waals surface area contributed by atoms with E-state index < -0.39 is 0 Å². The summed E-state index contributed by atoms with van der Waals surface area (Å²) in [4.78, 5) is 0. The lowest BCUT2D eigenvalue weighted by Crippen LogP contribution is -2.31. The smallest absolute Gasteiger partial charge is 0.0172 e. The van der Waals surface area contributed by atoms with Crippen LogP contribution in [0.5, 0.6) is 0 Å². The van der Waals surface area contributed by atoms with Gasteiger partial charge in [-0.25, -0.2) is 0 Å². The van der Waals surface area contributed by atoms with Crippen molar-refractivity contribution in [1.29, 1.82) is 0 Å². The van der Waals surface area contributed by atoms with Crippen molar-refractivity contribution in [2.75, 3.05) is 6.54 Å². The Hall–Kier alpha value is -0.460. The second-order valence-electron chi connectivity index (χ2n) is 3.14. The van der Waals surface area contributed by atoms with Crippen LogP contribution in [-0.4, -0.2) is 6.54 Å². The van der Waals surface area contributed by atoms with E-state index in [0.717, 1.165) is 24.8 Å². The van der Waals surface area contributed by atoms with Gasteiger partial charge in [0.25, 0.3) is 0 Å². The highest BCUT2D eigenvalue weighted by molar-refractivity contribution is 4.97. The minimum atomic E-state index is 0.815. The first-order valence-corrected chi connectivity index (χ1v) is 3.62. The van der Waals surface area contributed by atoms with E-state index in [1.165, 1.54) is 5.70 Å². The van der Waals surface area contributed by atoms with Crippen LogP contribution in [0.2, 0.25) is 0 Å². The third-order valence-corrected chi connectivity index (χ3v) is 2.21. The van der Waals surface area contributed by atoms with Crippen molar-refractivity contribution in [2.45, 2.75) is 20.3 Å². The summed E-state index contributed by atoms with van der Waals surface area (Å²) in [5.74, 6) is 1.63. The largest absolute Gasteiger partial charge is 0.389 e. The van der Waals surface area contributed by atoms with Crippen LogP contribution in [0.4, 0.5) is 0 Å². The Morgan fingerprint density at radius 2 is 2.11 bits per heavy atom. The maximum Gasteiger partial charge on any atom is 0.0172 e. The minimum absolute atomic E-state index is 0.815. The molecule has 2 unspecified atom stereocenters. The van der Waals surface area contributed by atoms with E-state index in [9.17, 15) is 0 Å². The molecule has 1 aliphatic heterocycles. The summed E-state index contributed by atoms with van der Waals surface area (Å²) in [6.07, 6.45) is 1.15. The number of nitrogens with one attached hydrogen (secondary N) is 1. The van der Waals surface area contributed by atoms with Crippen LogP contribution in [0.15, 0.2) is 12.3 Å². The summed E-state index contributed by atoms with van der Waals surface area (Å²) in [6, 6.07) is 0. The van der Waals surface area contributed by atoms with E-state index >= 15 is 0 Å². The molecule has 0 amide bonds. The quantitative estimate of drug-likeness (QED) is 0.520. The molecule has 9 heavy (non-hydrogen) atoms. The van der Waals surface area contributed by atoms with E-state index in [-0.39, 0.29) is 0 Å². The van der Waals surface area contributed by atoms with Crippen molar-refractivity contribution in [1.82, 2.24) is 5.32 Å². The number of hydrogen-bond donors (Lipinski definition) is 1. The topological polar surface area (TPSA) is 12.0 Å². The van der Waals surface area contributed by atoms with Gasteiger partial charge in [-0.1, -0.05) is 20.4 Å². The van der Waals surface area contributed by atoms with E-state index in [0.29, 0.717) is 0 Å². The standard InChI is InChI=1S/C8H15N/c1-6-4-8(3)9-5-7(6)2/h6-7,9H,3-5H2,1-2H3. The molecule has 0 aliphatic carbocycles. The highest BCUT2D eigenvalue weighted by Crippen LogP contribution is 2.21. The molecule has 1 N–H and O–H groups in total. The van der Waals surface area contributed by atoms with Crippen LogP contribution in [-0.2, 0) is 0 Å². The maximum absolute atomic E-state index is 3.89. The van der Waals surface area contributed by atoms with Crippen LogP contribution in [0.1, 0.15) is 20.3 Å². The molecule has 52 valence electrons. The van der Waals surface area contributed by atoms with Gasteiger partial charge in [-0.05, 0) is 18.3 Å². The summed E-state index contributed by atoms with van der Waals surface area (Å²) in [6.45, 7) is 9.57. The van der Waals surface area contributed by atoms with Gasteiger partial charge in [-0.2, -0.15) is 0 Å². The monoisotopic (exact) mass is 125 g/mol. The first kappa shape index (κ1) is 6.66. The van der Waals surface area contributed by atoms with Gasteiger partial charge in [-0.15, -0.1) is 0 Å². The molecule has 2 atom stereocenters. The second kappa shape index (κ2) is 2.42. The average molecular weight is 125 g/mol. The zero-order valence-electron chi connectivity index (χ0n) is 6.28. The summed E-state index contributed by atoms with van der Waals surface area (Å²) >= 11 is 0. The molecule has 0 aromatic carbocycles. The molecule has 1 heteroatoms. The normalized spacial score (nSPS) is 36.0. The number of rotatable bonds is 0. The van der Waals surface area contributed by atoms with Crippen LogP contribution >= 0.6 is 0 Å². The van der Waals surface area contributed by atoms with Crippen molar-refractivity contribution in [2.24, 2.45) is 11.8 Å². The Balaban J connectivity index is 2.44. The molecular formula is C8H15N. The van der Waals surface area contributed by atoms with E-state index in [2.05, 4.69) is 25.7 Å². The Labute approximate surface area is 57.1 Å². The molecule has 1 nitrogen and oxygen atoms in total. The van der Waals surface area contributed by atoms with E-state index in [4.69, 9.17) is 0 Å². The van der Waals surface area contributed by atoms with Gasteiger partial charge in [-0.3, -0.25) is 0 Å². The molecule has 1 heterocycles. The lowest BCUT2D eigenvalue weighted by molar-refractivity contribution is 0.329. The number of allylic oxidation sites excluding steroid dienone is 1. The predicted molar refractivity (Wildman–Crippen MR) is 40.1 cm³/mol. The molecule has 1 aliphatic rings. The van der Waals surface area contributed by atoms with Gasteiger partial charge >= 0.3 is 0 Å². The third kappa shape index (κ3) is 1.47. The molecular weight excluding hydrogens is 110 g/mol. The second-order valence-corrected chi connectivity index (χ2v) is 3.14. The number of hydrogen-bond acceptors (Lipinski definition) is 1. The molecule has 1 saturated heterocycles. The first-order chi connectivity index (χ1) is 4.20. The van der Waals surface area contributed by atoms with Crippen molar-refractivity contribution in [3.8, 4) is 0 Å². The van der Waals surface area contributed by atoms with Crippen LogP contribution in [0.3, 0.4) is 0 Å². The molecule has 1 fully saturated rings. The van der Waals surface area contributed by atoms with Gasteiger partial charge in [0.15, 0.2) is 0 Å². The summed E-state index contributed by atoms with van der Waals surface area (Å²) in [5, 5.41) is 3.27. The van der Waals surface area contributed by atoms with Gasteiger partial charge < -0.3 is 5.32 Å². The fourth-order valence-electron chi connectivity index (χ4n) is 1.17. The molecule has 0 radical (unpaired) electrons. The highest BCUT2D eigenvalue weighted by atomic mass is 14.9. The third-order valence-electron chi connectivity index (χ3n) is 2.21. The predicted octanol–water partition coefficient (Wildman–Crippen LogP) is 1.77. The Morgan fingerprint density at radius 1 is 1.44 bits per heavy atom. The number of piperidine rings is 1. The van der Waals surface area contributed by atoms with E-state index in [1.54, 1.807) is 0 Å². The zero-order chi connectivity index (χ0) is 6.85. The van der Waals surface area contributed by atoms with Crippen LogP contribution in [0, 0.1) is 11.8 Å². The van der Waals surface area contributed by atoms with Crippen molar-refractivity contribution in [3.63, 3.8) is 0 Å². The van der Waals surface area contributed by atoms with Crippen molar-refractivity contribution in [3.05, 3.63) is 12.3 Å². The molecule has 0 aromatic heterocycles. The summed E-state index contributed by atoms with van der Waals surface area (Å²) in [5.41, 5.74) is 1.21. The maximum atomic E-state index is 3.89. The first-order valence-electron chi connectivity index (χ1n) is 3.62. The average Bonchev–Trinajstić information content (AvgIpc) is 1.80. The zero-order valence-corrected chi connectivity index (χ0v) is 6.28. The molecule has 0 aromatic rings. The lowest BCUT2D eigenvalue weighted by atomic mass is 9.88. The summed E-state index contributed by atoms with van der Waals surface area (Å²) < 4.78 is 0. The fraction of sp³-hybridized carbons (Fsp3) is 0.750. The Kier molecular flexibility index (Phi) is 1.79. The van der Waals surface area contributed by atoms with Gasteiger partial charge in [0.1, 0.15) is 0 Å². The molecule has 0 bridgehead atoms. The SMILES string of the molecule is C=C1CC(C)C(C)CN1. The van der Waals surface area contributed by atoms with Crippen LogP contribution in [0.25, 0.3) is 0 Å². The van der Waals surface area contributed by atoms with Gasteiger partial charge in [0.2, 0.25) is 0 Å². The minimum Gasteiger partial charge on any atom is -0.389 e. The molecule has 1 rings (SSSR count). The molecule has 0 spiro atoms. The van der Waals surface area contributed by atoms with Crippen molar-refractivity contribution >= 4 is 0 Å². The molecule has 0 saturated carbocycles. The lowest BCUT2D eigenvalue weighted by Gasteiger charge is -2.28.